The van der Waals surface area contributed by atoms with Crippen LogP contribution in [0.5, 0.6) is 0 Å². The summed E-state index contributed by atoms with van der Waals surface area (Å²) in [5.41, 5.74) is 0. The molecule has 0 spiro atoms. The van der Waals surface area contributed by atoms with Crippen LogP contribution in [0.15, 0.2) is 0 Å². The molecule has 0 bridgehead atoms. The number of carboxylic acid groups (broad SMARTS) is 1. The zero-order valence-corrected chi connectivity index (χ0v) is 23.3. The molecule has 1 amide bonds. The molecule has 2 N–H and O–H groups in total. The van der Waals surface area contributed by atoms with Gasteiger partial charge in [0.2, 0.25) is 5.91 Å². The van der Waals surface area contributed by atoms with Crippen LogP contribution in [0.4, 0.5) is 0 Å². The number of carboxylic acids is 1. The number of aliphatic hydroxyl groups excluding tert-OH is 1. The third-order valence-electron chi connectivity index (χ3n) is 6.00. The second-order valence-electron chi connectivity index (χ2n) is 8.80. The monoisotopic (exact) mass is 464 g/mol. The van der Waals surface area contributed by atoms with E-state index in [2.05, 4.69) is 12.2 Å². The van der Waals surface area contributed by atoms with Crippen LogP contribution in [0.3, 0.4) is 0 Å². The SMILES string of the molecule is CCCCCCCCCCCCCCCCCC(=O)NCCN(CCO)C(C)C(=O)[O-].[Na+]. The summed E-state index contributed by atoms with van der Waals surface area (Å²) in [4.78, 5) is 24.5. The number of hydrogen-bond acceptors (Lipinski definition) is 5. The molecule has 0 heterocycles. The fourth-order valence-corrected chi connectivity index (χ4v) is 3.86. The molecule has 0 aromatic heterocycles. The molecule has 0 aliphatic rings. The summed E-state index contributed by atoms with van der Waals surface area (Å²) in [7, 11) is 0. The van der Waals surface area contributed by atoms with Crippen LogP contribution in [-0.4, -0.2) is 54.2 Å². The van der Waals surface area contributed by atoms with Gasteiger partial charge in [-0.1, -0.05) is 96.8 Å². The van der Waals surface area contributed by atoms with Crippen LogP contribution >= 0.6 is 0 Å². The summed E-state index contributed by atoms with van der Waals surface area (Å²) in [6.07, 6.45) is 20.1. The van der Waals surface area contributed by atoms with Crippen molar-refractivity contribution < 1.29 is 49.4 Å². The van der Waals surface area contributed by atoms with Crippen molar-refractivity contribution in [1.82, 2.24) is 10.2 Å². The molecule has 0 aliphatic heterocycles. The number of unbranched alkanes of at least 4 members (excludes halogenated alkanes) is 14. The number of rotatable bonds is 23. The van der Waals surface area contributed by atoms with Gasteiger partial charge in [-0.2, -0.15) is 0 Å². The Bertz CT molecular complexity index is 438. The van der Waals surface area contributed by atoms with Gasteiger partial charge in [-0.15, -0.1) is 0 Å². The average Bonchev–Trinajstić information content (AvgIpc) is 2.75. The first kappa shape index (κ1) is 34.0. The van der Waals surface area contributed by atoms with Crippen LogP contribution in [-0.2, 0) is 9.59 Å². The van der Waals surface area contributed by atoms with Crippen LogP contribution < -0.4 is 40.0 Å². The zero-order chi connectivity index (χ0) is 23.2. The van der Waals surface area contributed by atoms with E-state index in [9.17, 15) is 14.7 Å². The Kier molecular flexibility index (Phi) is 27.1. The summed E-state index contributed by atoms with van der Waals surface area (Å²) < 4.78 is 0. The average molecular weight is 465 g/mol. The van der Waals surface area contributed by atoms with Crippen molar-refractivity contribution in [3.05, 3.63) is 0 Å². The number of carbonyl (C=O) groups is 2. The third kappa shape index (κ3) is 21.7. The first-order chi connectivity index (χ1) is 15.0. The predicted molar refractivity (Wildman–Crippen MR) is 126 cm³/mol. The van der Waals surface area contributed by atoms with Gasteiger partial charge < -0.3 is 20.3 Å². The topological polar surface area (TPSA) is 92.7 Å². The van der Waals surface area contributed by atoms with Crippen molar-refractivity contribution in [2.45, 2.75) is 123 Å². The summed E-state index contributed by atoms with van der Waals surface area (Å²) in [6.45, 7) is 4.70. The normalized spacial score (nSPS) is 11.9. The molecular formula is C25H49N2NaO4. The molecule has 6 nitrogen and oxygen atoms in total. The zero-order valence-electron chi connectivity index (χ0n) is 21.3. The number of aliphatic carboxylic acids is 1. The third-order valence-corrected chi connectivity index (χ3v) is 6.00. The fraction of sp³-hybridized carbons (Fsp3) is 0.920. The van der Waals surface area contributed by atoms with Crippen LogP contribution in [0.1, 0.15) is 117 Å². The van der Waals surface area contributed by atoms with Crippen molar-refractivity contribution in [3.8, 4) is 0 Å². The Labute approximate surface area is 219 Å². The maximum atomic E-state index is 11.9. The van der Waals surface area contributed by atoms with Crippen molar-refractivity contribution >= 4 is 11.9 Å². The summed E-state index contributed by atoms with van der Waals surface area (Å²) in [5, 5.41) is 22.8. The molecule has 0 radical (unpaired) electrons. The molecule has 184 valence electrons. The van der Waals surface area contributed by atoms with E-state index < -0.39 is 12.0 Å². The van der Waals surface area contributed by atoms with Gasteiger partial charge in [-0.25, -0.2) is 0 Å². The van der Waals surface area contributed by atoms with Gasteiger partial charge >= 0.3 is 29.6 Å². The molecule has 32 heavy (non-hydrogen) atoms. The second kappa shape index (κ2) is 25.5. The molecule has 0 saturated carbocycles. The quantitative estimate of drug-likeness (QED) is 0.172. The molecule has 1 unspecified atom stereocenters. The Morgan fingerprint density at radius 1 is 0.812 bits per heavy atom. The summed E-state index contributed by atoms with van der Waals surface area (Å²) in [6, 6.07) is -0.778. The van der Waals surface area contributed by atoms with Gasteiger partial charge in [0.05, 0.1) is 12.6 Å². The smallest absolute Gasteiger partial charge is 0.548 e. The molecule has 0 aliphatic carbocycles. The fourth-order valence-electron chi connectivity index (χ4n) is 3.86. The molecule has 0 saturated heterocycles. The van der Waals surface area contributed by atoms with Crippen molar-refractivity contribution in [2.75, 3.05) is 26.2 Å². The standard InChI is InChI=1S/C25H50N2O4.Na/c1-3-4-5-6-7-8-9-10-11-12-13-14-15-16-17-18-24(29)26-19-20-27(21-22-28)23(2)25(30)31;/h23,28H,3-22H2,1-2H3,(H,26,29)(H,30,31);/q;+1/p-1. The number of nitrogens with one attached hydrogen (secondary N) is 1. The maximum absolute atomic E-state index is 11.9. The Balaban J connectivity index is 0. The van der Waals surface area contributed by atoms with Gasteiger partial charge in [0.25, 0.3) is 0 Å². The molecule has 0 rings (SSSR count). The van der Waals surface area contributed by atoms with Crippen LogP contribution in [0, 0.1) is 0 Å². The molecule has 1 atom stereocenters. The largest absolute Gasteiger partial charge is 1.00 e. The Morgan fingerprint density at radius 3 is 1.66 bits per heavy atom. The molecule has 7 heteroatoms. The maximum Gasteiger partial charge on any atom is 1.00 e. The van der Waals surface area contributed by atoms with Crippen molar-refractivity contribution in [3.63, 3.8) is 0 Å². The van der Waals surface area contributed by atoms with Gasteiger partial charge in [-0.3, -0.25) is 9.69 Å². The first-order valence-corrected chi connectivity index (χ1v) is 12.8. The van der Waals surface area contributed by atoms with E-state index in [1.165, 1.54) is 90.4 Å². The van der Waals surface area contributed by atoms with E-state index in [0.29, 0.717) is 19.5 Å². The minimum atomic E-state index is -1.17. The molecule has 0 aromatic rings. The van der Waals surface area contributed by atoms with Crippen molar-refractivity contribution in [1.29, 1.82) is 0 Å². The number of hydrogen-bond donors (Lipinski definition) is 2. The van der Waals surface area contributed by atoms with Gasteiger partial charge in [0, 0.05) is 32.1 Å². The van der Waals surface area contributed by atoms with Crippen LogP contribution in [0.25, 0.3) is 0 Å². The number of carbonyl (C=O) groups excluding carboxylic acids is 2. The van der Waals surface area contributed by atoms with E-state index >= 15 is 0 Å². The first-order valence-electron chi connectivity index (χ1n) is 12.8. The van der Waals surface area contributed by atoms with Gasteiger partial charge in [-0.05, 0) is 13.3 Å². The summed E-state index contributed by atoms with van der Waals surface area (Å²) >= 11 is 0. The second-order valence-corrected chi connectivity index (χ2v) is 8.80. The number of aliphatic hydroxyl groups is 1. The van der Waals surface area contributed by atoms with Crippen molar-refractivity contribution in [2.24, 2.45) is 0 Å². The predicted octanol–water partition coefficient (Wildman–Crippen LogP) is 0.801. The van der Waals surface area contributed by atoms with E-state index in [0.717, 1.165) is 12.8 Å². The minimum absolute atomic E-state index is 0. The van der Waals surface area contributed by atoms with E-state index in [1.54, 1.807) is 4.90 Å². The van der Waals surface area contributed by atoms with E-state index in [4.69, 9.17) is 5.11 Å². The van der Waals surface area contributed by atoms with E-state index in [-0.39, 0.29) is 48.6 Å². The van der Waals surface area contributed by atoms with Gasteiger partial charge in [0.1, 0.15) is 0 Å². The van der Waals surface area contributed by atoms with Crippen LogP contribution in [0.2, 0.25) is 0 Å². The van der Waals surface area contributed by atoms with Gasteiger partial charge in [0.15, 0.2) is 0 Å². The molecular weight excluding hydrogens is 415 g/mol. The minimum Gasteiger partial charge on any atom is -0.548 e. The number of amides is 1. The summed E-state index contributed by atoms with van der Waals surface area (Å²) in [5.74, 6) is -1.16. The number of nitrogens with zero attached hydrogens (tertiary/aromatic N) is 1. The Hall–Kier alpha value is -0.140. The van der Waals surface area contributed by atoms with E-state index in [1.807, 2.05) is 0 Å². The molecule has 0 aromatic carbocycles. The Morgan fingerprint density at radius 2 is 1.25 bits per heavy atom. The molecule has 0 fully saturated rings.